The fourth-order valence-electron chi connectivity index (χ4n) is 1.31. The lowest BCUT2D eigenvalue weighted by Crippen LogP contribution is -2.11. The maximum absolute atomic E-state index is 9.26. The van der Waals surface area contributed by atoms with Crippen LogP contribution in [0.4, 0.5) is 5.69 Å². The first kappa shape index (κ1) is 7.50. The smallest absolute Gasteiger partial charge is 0.114 e. The van der Waals surface area contributed by atoms with Crippen LogP contribution in [-0.2, 0) is 6.42 Å². The minimum atomic E-state index is 0.295. The lowest BCUT2D eigenvalue weighted by atomic mass is 10.1. The van der Waals surface area contributed by atoms with E-state index in [4.69, 9.17) is 11.8 Å². The highest BCUT2D eigenvalue weighted by Crippen LogP contribution is 2.28. The van der Waals surface area contributed by atoms with E-state index in [1.165, 1.54) is 10.6 Å². The fourth-order valence-corrected chi connectivity index (χ4v) is 1.59. The van der Waals surface area contributed by atoms with Crippen LogP contribution in [0.15, 0.2) is 36.2 Å². The van der Waals surface area contributed by atoms with Gasteiger partial charge in [0.05, 0.1) is 11.9 Å². The first-order valence-electron chi connectivity index (χ1n) is 3.70. The molecule has 0 amide bonds. The van der Waals surface area contributed by atoms with Crippen LogP contribution in [0.1, 0.15) is 5.56 Å². The summed E-state index contributed by atoms with van der Waals surface area (Å²) in [5.74, 6) is 0.295. The maximum Gasteiger partial charge on any atom is 0.114 e. The monoisotopic (exact) mass is 181 g/mol. The van der Waals surface area contributed by atoms with Crippen LogP contribution in [0, 0.1) is 0 Å². The van der Waals surface area contributed by atoms with Gasteiger partial charge < -0.3 is 5.11 Å². The summed E-state index contributed by atoms with van der Waals surface area (Å²) < 4.78 is 1.41. The van der Waals surface area contributed by atoms with Crippen molar-refractivity contribution in [3.8, 4) is 0 Å². The van der Waals surface area contributed by atoms with Gasteiger partial charge in [-0.25, -0.2) is 0 Å². The molecule has 1 aliphatic heterocycles. The molecule has 1 N–H and O–H groups in total. The number of anilines is 1. The highest BCUT2D eigenvalue weighted by atomic mass is 35.5. The van der Waals surface area contributed by atoms with Gasteiger partial charge in [0, 0.05) is 18.2 Å². The summed E-state index contributed by atoms with van der Waals surface area (Å²) in [5, 5.41) is 9.26. The van der Waals surface area contributed by atoms with Gasteiger partial charge in [0.15, 0.2) is 0 Å². The molecule has 0 unspecified atom stereocenters. The zero-order valence-electron chi connectivity index (χ0n) is 6.37. The van der Waals surface area contributed by atoms with Crippen LogP contribution in [-0.4, -0.2) is 5.11 Å². The van der Waals surface area contributed by atoms with Gasteiger partial charge in [-0.15, -0.1) is 0 Å². The highest BCUT2D eigenvalue weighted by molar-refractivity contribution is 6.27. The Morgan fingerprint density at radius 3 is 2.92 bits per heavy atom. The number of benzene rings is 1. The molecule has 12 heavy (non-hydrogen) atoms. The van der Waals surface area contributed by atoms with Gasteiger partial charge in [0.25, 0.3) is 0 Å². The Morgan fingerprint density at radius 2 is 2.08 bits per heavy atom. The van der Waals surface area contributed by atoms with Crippen molar-refractivity contribution in [1.29, 1.82) is 0 Å². The summed E-state index contributed by atoms with van der Waals surface area (Å²) in [6.07, 6.45) is 2.09. The first-order valence-corrected chi connectivity index (χ1v) is 4.04. The Bertz CT molecular complexity index is 335. The van der Waals surface area contributed by atoms with E-state index in [1.807, 2.05) is 24.3 Å². The molecule has 0 aliphatic carbocycles. The number of aliphatic hydroxyl groups is 1. The average molecular weight is 182 g/mol. The van der Waals surface area contributed by atoms with Gasteiger partial charge in [0.1, 0.15) is 5.76 Å². The van der Waals surface area contributed by atoms with Crippen LogP contribution in [0.5, 0.6) is 0 Å². The molecular weight excluding hydrogens is 174 g/mol. The molecule has 3 heteroatoms. The molecule has 62 valence electrons. The van der Waals surface area contributed by atoms with Gasteiger partial charge in [0.2, 0.25) is 0 Å². The highest BCUT2D eigenvalue weighted by Gasteiger charge is 2.14. The molecule has 2 nitrogen and oxygen atoms in total. The summed E-state index contributed by atoms with van der Waals surface area (Å²) in [5.41, 5.74) is 1.99. The van der Waals surface area contributed by atoms with E-state index < -0.39 is 0 Å². The molecule has 0 bridgehead atoms. The first-order chi connectivity index (χ1) is 5.77. The molecular formula is C9H8ClNO. The topological polar surface area (TPSA) is 23.5 Å². The number of hydrogen-bond donors (Lipinski definition) is 1. The summed E-state index contributed by atoms with van der Waals surface area (Å²) >= 11 is 5.84. The maximum atomic E-state index is 9.26. The van der Waals surface area contributed by atoms with E-state index >= 15 is 0 Å². The van der Waals surface area contributed by atoms with Crippen molar-refractivity contribution in [3.05, 3.63) is 41.8 Å². The molecule has 0 fully saturated rings. The SMILES string of the molecule is OC1=CN(Cl)c2ccccc2C1. The molecule has 0 aromatic heterocycles. The number of hydrogen-bond acceptors (Lipinski definition) is 2. The number of aliphatic hydroxyl groups excluding tert-OH is 1. The number of para-hydroxylation sites is 1. The number of allylic oxidation sites excluding steroid dienone is 1. The molecule has 0 spiro atoms. The lowest BCUT2D eigenvalue weighted by Gasteiger charge is -2.20. The molecule has 0 atom stereocenters. The molecule has 1 heterocycles. The summed E-state index contributed by atoms with van der Waals surface area (Å²) in [6.45, 7) is 0. The van der Waals surface area contributed by atoms with Crippen molar-refractivity contribution >= 4 is 17.5 Å². The molecule has 0 saturated carbocycles. The predicted molar refractivity (Wildman–Crippen MR) is 49.2 cm³/mol. The normalized spacial score (nSPS) is 15.4. The quantitative estimate of drug-likeness (QED) is 0.622. The Labute approximate surface area is 75.8 Å². The lowest BCUT2D eigenvalue weighted by molar-refractivity contribution is 0.395. The van der Waals surface area contributed by atoms with E-state index in [-0.39, 0.29) is 0 Å². The van der Waals surface area contributed by atoms with Crippen molar-refractivity contribution in [3.63, 3.8) is 0 Å². The fraction of sp³-hybridized carbons (Fsp3) is 0.111. The van der Waals surface area contributed by atoms with E-state index in [1.54, 1.807) is 0 Å². The van der Waals surface area contributed by atoms with E-state index in [9.17, 15) is 5.11 Å². The van der Waals surface area contributed by atoms with E-state index in [0.717, 1.165) is 11.3 Å². The Morgan fingerprint density at radius 1 is 1.33 bits per heavy atom. The Balaban J connectivity index is 2.48. The van der Waals surface area contributed by atoms with Crippen LogP contribution < -0.4 is 4.42 Å². The third-order valence-corrected chi connectivity index (χ3v) is 2.14. The predicted octanol–water partition coefficient (Wildman–Crippen LogP) is 2.60. The summed E-state index contributed by atoms with van der Waals surface area (Å²) in [4.78, 5) is 0. The zero-order chi connectivity index (χ0) is 8.55. The van der Waals surface area contributed by atoms with Gasteiger partial charge in [-0.1, -0.05) is 18.2 Å². The molecule has 0 radical (unpaired) electrons. The number of nitrogens with zero attached hydrogens (tertiary/aromatic N) is 1. The van der Waals surface area contributed by atoms with Crippen molar-refractivity contribution in [2.75, 3.05) is 4.42 Å². The van der Waals surface area contributed by atoms with Crippen molar-refractivity contribution in [1.82, 2.24) is 0 Å². The minimum Gasteiger partial charge on any atom is -0.510 e. The van der Waals surface area contributed by atoms with Crippen molar-refractivity contribution in [2.45, 2.75) is 6.42 Å². The number of fused-ring (bicyclic) bond motifs is 1. The Hall–Kier alpha value is -1.15. The number of rotatable bonds is 0. The van der Waals surface area contributed by atoms with Gasteiger partial charge in [-0.05, 0) is 11.6 Å². The second kappa shape index (κ2) is 2.72. The van der Waals surface area contributed by atoms with Crippen molar-refractivity contribution in [2.24, 2.45) is 0 Å². The molecule has 1 aliphatic rings. The van der Waals surface area contributed by atoms with E-state index in [0.29, 0.717) is 12.2 Å². The summed E-state index contributed by atoms with van der Waals surface area (Å²) in [7, 11) is 0. The van der Waals surface area contributed by atoms with E-state index in [2.05, 4.69) is 0 Å². The van der Waals surface area contributed by atoms with Gasteiger partial charge in [-0.2, -0.15) is 0 Å². The average Bonchev–Trinajstić information content (AvgIpc) is 2.04. The summed E-state index contributed by atoms with van der Waals surface area (Å²) in [6, 6.07) is 7.73. The van der Waals surface area contributed by atoms with Crippen LogP contribution in [0.3, 0.4) is 0 Å². The van der Waals surface area contributed by atoms with Crippen LogP contribution >= 0.6 is 11.8 Å². The van der Waals surface area contributed by atoms with Gasteiger partial charge in [-0.3, -0.25) is 4.42 Å². The Kier molecular flexibility index (Phi) is 1.70. The van der Waals surface area contributed by atoms with Gasteiger partial charge >= 0.3 is 0 Å². The second-order valence-corrected chi connectivity index (χ2v) is 3.10. The second-order valence-electron chi connectivity index (χ2n) is 2.74. The number of halogens is 1. The van der Waals surface area contributed by atoms with Crippen LogP contribution in [0.2, 0.25) is 0 Å². The molecule has 1 aromatic rings. The molecule has 0 saturated heterocycles. The third-order valence-electron chi connectivity index (χ3n) is 1.86. The van der Waals surface area contributed by atoms with Crippen molar-refractivity contribution < 1.29 is 5.11 Å². The molecule has 1 aromatic carbocycles. The third kappa shape index (κ3) is 1.14. The largest absolute Gasteiger partial charge is 0.510 e. The molecule has 2 rings (SSSR count). The zero-order valence-corrected chi connectivity index (χ0v) is 7.12. The standard InChI is InChI=1S/C9H8ClNO/c10-11-6-8(12)5-7-3-1-2-4-9(7)11/h1-4,6,12H,5H2. The minimum absolute atomic E-state index is 0.295. The van der Waals surface area contributed by atoms with Crippen LogP contribution in [0.25, 0.3) is 0 Å².